The summed E-state index contributed by atoms with van der Waals surface area (Å²) in [4.78, 5) is 2.66. The minimum atomic E-state index is 0.205. The Bertz CT molecular complexity index is 585. The van der Waals surface area contributed by atoms with E-state index in [0.717, 1.165) is 19.7 Å². The SMILES string of the molecule is CSc1ccccc1S[C@@H](c1ccccc1)[C@@H]1CNCCO1. The first-order chi connectivity index (χ1) is 10.9. The predicted molar refractivity (Wildman–Crippen MR) is 95.9 cm³/mol. The molecule has 2 aromatic carbocycles. The number of ether oxygens (including phenoxy) is 1. The monoisotopic (exact) mass is 331 g/mol. The van der Waals surface area contributed by atoms with E-state index >= 15 is 0 Å². The quantitative estimate of drug-likeness (QED) is 0.827. The first-order valence-corrected chi connectivity index (χ1v) is 9.66. The van der Waals surface area contributed by atoms with E-state index in [-0.39, 0.29) is 6.10 Å². The number of benzene rings is 2. The number of hydrogen-bond donors (Lipinski definition) is 1. The molecule has 1 aliphatic heterocycles. The lowest BCUT2D eigenvalue weighted by atomic mass is 10.1. The summed E-state index contributed by atoms with van der Waals surface area (Å²) in [6, 6.07) is 19.3. The maximum absolute atomic E-state index is 6.05. The molecule has 2 aromatic rings. The molecule has 0 unspecified atom stereocenters. The van der Waals surface area contributed by atoms with E-state index < -0.39 is 0 Å². The van der Waals surface area contributed by atoms with Crippen molar-refractivity contribution < 1.29 is 4.74 Å². The number of rotatable bonds is 5. The van der Waals surface area contributed by atoms with Crippen LogP contribution < -0.4 is 5.32 Å². The molecule has 0 aromatic heterocycles. The third-order valence-electron chi connectivity index (χ3n) is 3.75. The lowest BCUT2D eigenvalue weighted by Gasteiger charge is -2.31. The molecular formula is C18H21NOS2. The molecule has 1 saturated heterocycles. The van der Waals surface area contributed by atoms with Gasteiger partial charge in [0, 0.05) is 22.9 Å². The van der Waals surface area contributed by atoms with E-state index in [1.807, 2.05) is 11.8 Å². The number of thioether (sulfide) groups is 2. The van der Waals surface area contributed by atoms with E-state index in [1.54, 1.807) is 11.8 Å². The summed E-state index contributed by atoms with van der Waals surface area (Å²) in [5, 5.41) is 3.76. The largest absolute Gasteiger partial charge is 0.374 e. The van der Waals surface area contributed by atoms with Crippen LogP contribution in [-0.2, 0) is 4.74 Å². The van der Waals surface area contributed by atoms with Crippen molar-refractivity contribution >= 4 is 23.5 Å². The van der Waals surface area contributed by atoms with Crippen LogP contribution in [0.4, 0.5) is 0 Å². The molecule has 1 aliphatic rings. The van der Waals surface area contributed by atoms with Crippen molar-refractivity contribution in [3.8, 4) is 0 Å². The van der Waals surface area contributed by atoms with Gasteiger partial charge in [-0.2, -0.15) is 0 Å². The van der Waals surface area contributed by atoms with Gasteiger partial charge in [-0.05, 0) is 24.0 Å². The molecule has 0 spiro atoms. The normalized spacial score (nSPS) is 19.8. The summed E-state index contributed by atoms with van der Waals surface area (Å²) >= 11 is 3.72. The highest BCUT2D eigenvalue weighted by atomic mass is 32.2. The van der Waals surface area contributed by atoms with Gasteiger partial charge >= 0.3 is 0 Å². The van der Waals surface area contributed by atoms with E-state index in [1.165, 1.54) is 15.4 Å². The second-order valence-corrected chi connectivity index (χ2v) is 7.24. The summed E-state index contributed by atoms with van der Waals surface area (Å²) in [7, 11) is 0. The van der Waals surface area contributed by atoms with E-state index in [0.29, 0.717) is 5.25 Å². The van der Waals surface area contributed by atoms with Crippen LogP contribution in [0.15, 0.2) is 64.4 Å². The molecule has 0 saturated carbocycles. The highest BCUT2D eigenvalue weighted by molar-refractivity contribution is 8.02. The highest BCUT2D eigenvalue weighted by Crippen LogP contribution is 2.42. The molecule has 0 amide bonds. The topological polar surface area (TPSA) is 21.3 Å². The highest BCUT2D eigenvalue weighted by Gasteiger charge is 2.27. The van der Waals surface area contributed by atoms with E-state index in [2.05, 4.69) is 66.2 Å². The first-order valence-electron chi connectivity index (χ1n) is 7.55. The number of nitrogens with one attached hydrogen (secondary N) is 1. The van der Waals surface area contributed by atoms with Crippen LogP contribution in [0.2, 0.25) is 0 Å². The molecule has 22 heavy (non-hydrogen) atoms. The third kappa shape index (κ3) is 3.87. The van der Waals surface area contributed by atoms with Crippen molar-refractivity contribution in [1.82, 2.24) is 5.32 Å². The van der Waals surface area contributed by atoms with Gasteiger partial charge in [0.05, 0.1) is 18.0 Å². The average molecular weight is 332 g/mol. The van der Waals surface area contributed by atoms with Crippen molar-refractivity contribution in [2.75, 3.05) is 26.0 Å². The fourth-order valence-corrected chi connectivity index (χ4v) is 4.75. The van der Waals surface area contributed by atoms with Crippen LogP contribution in [-0.4, -0.2) is 32.1 Å². The van der Waals surface area contributed by atoms with Crippen molar-refractivity contribution in [2.45, 2.75) is 21.1 Å². The Balaban J connectivity index is 1.88. The fourth-order valence-electron chi connectivity index (χ4n) is 2.63. The van der Waals surface area contributed by atoms with Crippen LogP contribution in [0.1, 0.15) is 10.8 Å². The van der Waals surface area contributed by atoms with Gasteiger partial charge < -0.3 is 10.1 Å². The van der Waals surface area contributed by atoms with Crippen molar-refractivity contribution in [1.29, 1.82) is 0 Å². The van der Waals surface area contributed by atoms with Crippen molar-refractivity contribution in [3.63, 3.8) is 0 Å². The fraction of sp³-hybridized carbons (Fsp3) is 0.333. The molecule has 0 bridgehead atoms. The molecule has 0 radical (unpaired) electrons. The van der Waals surface area contributed by atoms with Gasteiger partial charge in [0.25, 0.3) is 0 Å². The van der Waals surface area contributed by atoms with Crippen LogP contribution >= 0.6 is 23.5 Å². The Morgan fingerprint density at radius 1 is 1.05 bits per heavy atom. The molecular weight excluding hydrogens is 310 g/mol. The Kier molecular flexibility index (Phi) is 5.84. The maximum Gasteiger partial charge on any atom is 0.0862 e. The number of morpholine rings is 1. The van der Waals surface area contributed by atoms with Crippen LogP contribution in [0, 0.1) is 0 Å². The second-order valence-electron chi connectivity index (χ2n) is 5.21. The zero-order chi connectivity index (χ0) is 15.2. The summed E-state index contributed by atoms with van der Waals surface area (Å²) < 4.78 is 6.05. The van der Waals surface area contributed by atoms with Crippen LogP contribution in [0.3, 0.4) is 0 Å². The Morgan fingerprint density at radius 2 is 1.77 bits per heavy atom. The Hall–Kier alpha value is -0.940. The molecule has 2 nitrogen and oxygen atoms in total. The lowest BCUT2D eigenvalue weighted by Crippen LogP contribution is -2.41. The smallest absolute Gasteiger partial charge is 0.0862 e. The third-order valence-corrected chi connectivity index (χ3v) is 6.11. The average Bonchev–Trinajstić information content (AvgIpc) is 2.61. The molecule has 1 heterocycles. The molecule has 2 atom stereocenters. The molecule has 1 N–H and O–H groups in total. The summed E-state index contributed by atoms with van der Waals surface area (Å²) in [6.45, 7) is 2.65. The predicted octanol–water partition coefficient (Wildman–Crippen LogP) is 4.23. The summed E-state index contributed by atoms with van der Waals surface area (Å²) in [5.41, 5.74) is 1.33. The molecule has 0 aliphatic carbocycles. The maximum atomic E-state index is 6.05. The molecule has 116 valence electrons. The molecule has 1 fully saturated rings. The lowest BCUT2D eigenvalue weighted by molar-refractivity contribution is 0.0273. The van der Waals surface area contributed by atoms with Crippen molar-refractivity contribution in [2.24, 2.45) is 0 Å². The summed E-state index contributed by atoms with van der Waals surface area (Å²) in [6.07, 6.45) is 2.34. The Morgan fingerprint density at radius 3 is 2.45 bits per heavy atom. The van der Waals surface area contributed by atoms with E-state index in [9.17, 15) is 0 Å². The van der Waals surface area contributed by atoms with Crippen molar-refractivity contribution in [3.05, 3.63) is 60.2 Å². The van der Waals surface area contributed by atoms with Gasteiger partial charge in [0.15, 0.2) is 0 Å². The second kappa shape index (κ2) is 8.06. The number of hydrogen-bond acceptors (Lipinski definition) is 4. The zero-order valence-corrected chi connectivity index (χ0v) is 14.3. The molecule has 3 rings (SSSR count). The first kappa shape index (κ1) is 15.9. The zero-order valence-electron chi connectivity index (χ0n) is 12.7. The van der Waals surface area contributed by atoms with Gasteiger partial charge in [-0.3, -0.25) is 0 Å². The van der Waals surface area contributed by atoms with Gasteiger partial charge in [0.2, 0.25) is 0 Å². The minimum absolute atomic E-state index is 0.205. The Labute approximate surface area is 141 Å². The van der Waals surface area contributed by atoms with Crippen LogP contribution in [0.5, 0.6) is 0 Å². The van der Waals surface area contributed by atoms with E-state index in [4.69, 9.17) is 4.74 Å². The standard InChI is InChI=1S/C18H21NOS2/c1-21-16-9-5-6-10-17(16)22-18(14-7-3-2-4-8-14)15-13-19-11-12-20-15/h2-10,15,18-19H,11-13H2,1H3/t15-,18-/m0/s1. The van der Waals surface area contributed by atoms with Crippen LogP contribution in [0.25, 0.3) is 0 Å². The molecule has 4 heteroatoms. The van der Waals surface area contributed by atoms with Gasteiger partial charge in [0.1, 0.15) is 0 Å². The summed E-state index contributed by atoms with van der Waals surface area (Å²) in [5.74, 6) is 0. The van der Waals surface area contributed by atoms with Gasteiger partial charge in [-0.25, -0.2) is 0 Å². The van der Waals surface area contributed by atoms with Gasteiger partial charge in [-0.15, -0.1) is 23.5 Å². The minimum Gasteiger partial charge on any atom is -0.374 e. The van der Waals surface area contributed by atoms with Gasteiger partial charge in [-0.1, -0.05) is 42.5 Å².